The van der Waals surface area contributed by atoms with Gasteiger partial charge in [-0.3, -0.25) is 0 Å². The summed E-state index contributed by atoms with van der Waals surface area (Å²) in [5.74, 6) is -0.502. The molecular formula is C22H18ClFN4O2S. The molecule has 0 amide bonds. The van der Waals surface area contributed by atoms with Gasteiger partial charge in [-0.1, -0.05) is 11.6 Å². The van der Waals surface area contributed by atoms with Gasteiger partial charge in [-0.2, -0.15) is 5.26 Å². The highest BCUT2D eigenvalue weighted by Gasteiger charge is 2.20. The number of fused-ring (bicyclic) bond motifs is 1. The van der Waals surface area contributed by atoms with E-state index in [1.54, 1.807) is 18.3 Å². The van der Waals surface area contributed by atoms with Crippen LogP contribution in [0.5, 0.6) is 0 Å². The summed E-state index contributed by atoms with van der Waals surface area (Å²) in [4.78, 5) is -0.00800. The summed E-state index contributed by atoms with van der Waals surface area (Å²) in [6, 6.07) is 12.3. The van der Waals surface area contributed by atoms with Crippen LogP contribution in [0.3, 0.4) is 0 Å². The molecule has 0 bridgehead atoms. The number of hydrogen-bond donors (Lipinski definition) is 2. The van der Waals surface area contributed by atoms with Crippen LogP contribution in [0, 0.1) is 17.1 Å². The molecule has 2 heterocycles. The van der Waals surface area contributed by atoms with Crippen molar-refractivity contribution < 1.29 is 12.8 Å². The van der Waals surface area contributed by atoms with Crippen molar-refractivity contribution in [3.8, 4) is 6.07 Å². The van der Waals surface area contributed by atoms with Crippen LogP contribution in [0.4, 0.5) is 4.39 Å². The van der Waals surface area contributed by atoms with Gasteiger partial charge in [0.25, 0.3) is 0 Å². The quantitative estimate of drug-likeness (QED) is 0.613. The van der Waals surface area contributed by atoms with Crippen molar-refractivity contribution in [2.75, 3.05) is 13.1 Å². The smallest absolute Gasteiger partial charge is 0.240 e. The molecule has 0 spiro atoms. The van der Waals surface area contributed by atoms with Crippen molar-refractivity contribution in [2.45, 2.75) is 4.90 Å². The Morgan fingerprint density at radius 1 is 1.26 bits per heavy atom. The van der Waals surface area contributed by atoms with Gasteiger partial charge >= 0.3 is 0 Å². The third-order valence-electron chi connectivity index (χ3n) is 5.11. The van der Waals surface area contributed by atoms with Crippen LogP contribution in [-0.4, -0.2) is 26.1 Å². The highest BCUT2D eigenvalue weighted by Crippen LogP contribution is 2.32. The summed E-state index contributed by atoms with van der Waals surface area (Å²) >= 11 is 6.13. The van der Waals surface area contributed by atoms with Crippen molar-refractivity contribution >= 4 is 38.1 Å². The topological polar surface area (TPSA) is 86.9 Å². The molecule has 0 aliphatic carbocycles. The van der Waals surface area contributed by atoms with Crippen molar-refractivity contribution in [2.24, 2.45) is 7.05 Å². The first-order valence-electron chi connectivity index (χ1n) is 9.37. The van der Waals surface area contributed by atoms with E-state index in [-0.39, 0.29) is 11.4 Å². The lowest BCUT2D eigenvalue weighted by atomic mass is 10.0. The molecule has 0 atom stereocenters. The van der Waals surface area contributed by atoms with E-state index in [0.29, 0.717) is 22.8 Å². The number of allylic oxidation sites excluding steroid dienone is 2. The minimum absolute atomic E-state index is 0.00800. The Bertz CT molecular complexity index is 1380. The van der Waals surface area contributed by atoms with Crippen LogP contribution in [0.25, 0.3) is 16.5 Å². The Kier molecular flexibility index (Phi) is 5.58. The van der Waals surface area contributed by atoms with Crippen molar-refractivity contribution in [3.63, 3.8) is 0 Å². The molecular weight excluding hydrogens is 439 g/mol. The number of sulfonamides is 1. The molecule has 0 saturated heterocycles. The summed E-state index contributed by atoms with van der Waals surface area (Å²) in [6.45, 7) is 0.523. The minimum Gasteiger partial charge on any atom is -0.387 e. The third kappa shape index (κ3) is 4.08. The maximum Gasteiger partial charge on any atom is 0.240 e. The zero-order valence-corrected chi connectivity index (χ0v) is 18.1. The van der Waals surface area contributed by atoms with E-state index in [1.807, 2.05) is 23.8 Å². The highest BCUT2D eigenvalue weighted by molar-refractivity contribution is 7.89. The fourth-order valence-corrected chi connectivity index (χ4v) is 4.80. The summed E-state index contributed by atoms with van der Waals surface area (Å²) in [5, 5.41) is 14.3. The van der Waals surface area contributed by atoms with Gasteiger partial charge in [0.15, 0.2) is 0 Å². The van der Waals surface area contributed by atoms with Crippen LogP contribution < -0.4 is 10.0 Å². The number of nitrogens with zero attached hydrogens (tertiary/aromatic N) is 2. The average molecular weight is 457 g/mol. The van der Waals surface area contributed by atoms with E-state index >= 15 is 0 Å². The predicted molar refractivity (Wildman–Crippen MR) is 118 cm³/mol. The molecule has 0 saturated carbocycles. The molecule has 0 fully saturated rings. The van der Waals surface area contributed by atoms with Gasteiger partial charge in [0.2, 0.25) is 10.0 Å². The lowest BCUT2D eigenvalue weighted by Gasteiger charge is -2.17. The molecule has 9 heteroatoms. The Hall–Kier alpha value is -3.12. The second-order valence-corrected chi connectivity index (χ2v) is 9.32. The average Bonchev–Trinajstić information content (AvgIpc) is 3.04. The lowest BCUT2D eigenvalue weighted by Crippen LogP contribution is -2.29. The van der Waals surface area contributed by atoms with Gasteiger partial charge in [0.1, 0.15) is 11.9 Å². The molecule has 158 valence electrons. The first kappa shape index (κ1) is 21.1. The van der Waals surface area contributed by atoms with Crippen LogP contribution in [0.2, 0.25) is 5.02 Å². The fourth-order valence-electron chi connectivity index (χ4n) is 3.60. The normalized spacial score (nSPS) is 14.0. The lowest BCUT2D eigenvalue weighted by molar-refractivity contribution is 0.583. The Morgan fingerprint density at radius 3 is 2.71 bits per heavy atom. The van der Waals surface area contributed by atoms with Gasteiger partial charge in [-0.25, -0.2) is 17.5 Å². The summed E-state index contributed by atoms with van der Waals surface area (Å²) in [6.07, 6.45) is 3.66. The molecule has 0 radical (unpaired) electrons. The number of benzene rings is 2. The molecule has 1 aromatic heterocycles. The first-order valence-corrected chi connectivity index (χ1v) is 11.2. The van der Waals surface area contributed by atoms with Gasteiger partial charge in [-0.05, 0) is 54.1 Å². The molecule has 6 nitrogen and oxygen atoms in total. The highest BCUT2D eigenvalue weighted by atomic mass is 35.5. The maximum atomic E-state index is 13.1. The SMILES string of the molecule is Cn1c(C2=CNCC(CNS(=O)(=O)c3ccc(F)cc3)=C2)c(C#N)c2ccc(Cl)cc21. The fraction of sp³-hybridized carbons (Fsp3) is 0.136. The molecule has 0 unspecified atom stereocenters. The van der Waals surface area contributed by atoms with Crippen molar-refractivity contribution in [1.82, 2.24) is 14.6 Å². The van der Waals surface area contributed by atoms with E-state index < -0.39 is 15.8 Å². The Morgan fingerprint density at radius 2 is 2.00 bits per heavy atom. The minimum atomic E-state index is -3.78. The third-order valence-corrected chi connectivity index (χ3v) is 6.76. The second-order valence-electron chi connectivity index (χ2n) is 7.12. The zero-order valence-electron chi connectivity index (χ0n) is 16.5. The van der Waals surface area contributed by atoms with Crippen LogP contribution in [0.15, 0.2) is 65.2 Å². The second kappa shape index (κ2) is 8.19. The molecule has 2 aromatic carbocycles. The van der Waals surface area contributed by atoms with E-state index in [9.17, 15) is 18.1 Å². The molecule has 31 heavy (non-hydrogen) atoms. The largest absolute Gasteiger partial charge is 0.387 e. The number of dihydropyridines is 1. The molecule has 3 aromatic rings. The number of hydrogen-bond acceptors (Lipinski definition) is 4. The van der Waals surface area contributed by atoms with Gasteiger partial charge in [0.05, 0.1) is 21.7 Å². The molecule has 1 aliphatic rings. The number of aromatic nitrogens is 1. The number of rotatable bonds is 5. The van der Waals surface area contributed by atoms with Gasteiger partial charge in [0, 0.05) is 42.3 Å². The summed E-state index contributed by atoms with van der Waals surface area (Å²) in [7, 11) is -1.93. The predicted octanol–water partition coefficient (Wildman–Crippen LogP) is 3.69. The maximum absolute atomic E-state index is 13.1. The number of nitriles is 1. The van der Waals surface area contributed by atoms with Crippen molar-refractivity contribution in [1.29, 1.82) is 5.26 Å². The van der Waals surface area contributed by atoms with Crippen LogP contribution >= 0.6 is 11.6 Å². The molecule has 4 rings (SSSR count). The number of nitrogens with one attached hydrogen (secondary N) is 2. The van der Waals surface area contributed by atoms with Gasteiger partial charge in [-0.15, -0.1) is 0 Å². The van der Waals surface area contributed by atoms with E-state index in [4.69, 9.17) is 11.6 Å². The van der Waals surface area contributed by atoms with Gasteiger partial charge < -0.3 is 9.88 Å². The Labute approximate surface area is 184 Å². The Balaban J connectivity index is 1.63. The van der Waals surface area contributed by atoms with E-state index in [0.717, 1.165) is 34.2 Å². The molecule has 1 aliphatic heterocycles. The summed E-state index contributed by atoms with van der Waals surface area (Å²) in [5.41, 5.74) is 3.61. The first-order chi connectivity index (χ1) is 14.8. The van der Waals surface area contributed by atoms with Crippen LogP contribution in [-0.2, 0) is 17.1 Å². The zero-order chi connectivity index (χ0) is 22.2. The van der Waals surface area contributed by atoms with Crippen molar-refractivity contribution in [3.05, 3.63) is 82.4 Å². The monoisotopic (exact) mass is 456 g/mol. The number of halogens is 2. The van der Waals surface area contributed by atoms with E-state index in [1.165, 1.54) is 12.1 Å². The van der Waals surface area contributed by atoms with Crippen LogP contribution in [0.1, 0.15) is 11.3 Å². The standard InChI is InChI=1S/C22H18ClFN4O2S/c1-28-21-9-16(23)2-7-19(21)20(10-25)22(28)15-8-14(11-26-13-15)12-27-31(29,30)18-5-3-17(24)4-6-18/h2-9,13,26-27H,11-12H2,1H3. The summed E-state index contributed by atoms with van der Waals surface area (Å²) < 4.78 is 42.5. The molecule has 2 N–H and O–H groups in total. The number of aryl methyl sites for hydroxylation is 1. The van der Waals surface area contributed by atoms with E-state index in [2.05, 4.69) is 16.1 Å².